The summed E-state index contributed by atoms with van der Waals surface area (Å²) >= 11 is 0. The minimum Gasteiger partial charge on any atom is -0.483 e. The molecule has 3 rings (SSSR count). The number of para-hydroxylation sites is 1. The molecule has 2 aromatic rings. The molecule has 1 N–H and O–H groups in total. The Morgan fingerprint density at radius 3 is 2.67 bits per heavy atom. The number of amides is 1. The Morgan fingerprint density at radius 1 is 1.30 bits per heavy atom. The molecule has 1 aromatic carbocycles. The molecule has 0 fully saturated rings. The zero-order valence-electron chi connectivity index (χ0n) is 14.1. The summed E-state index contributed by atoms with van der Waals surface area (Å²) in [6.07, 6.45) is -4.64. The molecule has 11 heteroatoms. The molecule has 1 aliphatic rings. The van der Waals surface area contributed by atoms with Gasteiger partial charge in [0.05, 0.1) is 18.7 Å². The number of aliphatic carboxylic acids is 1. The quantitative estimate of drug-likeness (QED) is 0.858. The van der Waals surface area contributed by atoms with E-state index in [2.05, 4.69) is 10.2 Å². The number of alkyl halides is 3. The molecule has 1 atom stereocenters. The maximum Gasteiger partial charge on any atom is 0.419 e. The smallest absolute Gasteiger partial charge is 0.419 e. The number of rotatable bonds is 4. The van der Waals surface area contributed by atoms with Gasteiger partial charge in [0.15, 0.2) is 12.4 Å². The van der Waals surface area contributed by atoms with Crippen molar-refractivity contribution in [3.63, 3.8) is 0 Å². The van der Waals surface area contributed by atoms with Gasteiger partial charge in [0.25, 0.3) is 5.91 Å². The van der Waals surface area contributed by atoms with Gasteiger partial charge in [-0.2, -0.15) is 13.2 Å². The van der Waals surface area contributed by atoms with Crippen LogP contribution < -0.4 is 4.74 Å². The predicted molar refractivity (Wildman–Crippen MR) is 83.7 cm³/mol. The number of carboxylic acid groups (broad SMARTS) is 1. The van der Waals surface area contributed by atoms with Gasteiger partial charge < -0.3 is 19.3 Å². The van der Waals surface area contributed by atoms with E-state index in [0.717, 1.165) is 17.0 Å². The standard InChI is InChI=1S/C16H15F3N4O4/c1-9-20-21-13-7-23(11(15(25)26)6-22(9)13)14(24)8-27-12-5-3-2-4-10(12)16(17,18)19/h2-5,11H,6-8H2,1H3,(H,25,26). The van der Waals surface area contributed by atoms with Crippen molar-refractivity contribution < 1.29 is 32.6 Å². The number of aromatic nitrogens is 3. The summed E-state index contributed by atoms with van der Waals surface area (Å²) in [4.78, 5) is 25.0. The Bertz CT molecular complexity index is 881. The van der Waals surface area contributed by atoms with E-state index in [9.17, 15) is 27.9 Å². The first-order valence-corrected chi connectivity index (χ1v) is 7.88. The number of carbonyl (C=O) groups excluding carboxylic acids is 1. The Morgan fingerprint density at radius 2 is 2.00 bits per heavy atom. The van der Waals surface area contributed by atoms with Crippen molar-refractivity contribution in [3.8, 4) is 5.75 Å². The van der Waals surface area contributed by atoms with Crippen molar-refractivity contribution in [2.45, 2.75) is 32.2 Å². The zero-order chi connectivity index (χ0) is 19.8. The minimum atomic E-state index is -4.64. The summed E-state index contributed by atoms with van der Waals surface area (Å²) in [5, 5.41) is 17.1. The van der Waals surface area contributed by atoms with Gasteiger partial charge in [-0.3, -0.25) is 4.79 Å². The fraction of sp³-hybridized carbons (Fsp3) is 0.375. The number of aryl methyl sites for hydroxylation is 1. The second kappa shape index (κ2) is 6.89. The molecule has 0 radical (unpaired) electrons. The van der Waals surface area contributed by atoms with Crippen LogP contribution in [0, 0.1) is 6.92 Å². The molecule has 0 bridgehead atoms. The van der Waals surface area contributed by atoms with Crippen LogP contribution in [-0.2, 0) is 28.9 Å². The highest BCUT2D eigenvalue weighted by Crippen LogP contribution is 2.35. The number of ether oxygens (including phenoxy) is 1. The number of hydrogen-bond donors (Lipinski definition) is 1. The van der Waals surface area contributed by atoms with Crippen molar-refractivity contribution in [2.24, 2.45) is 0 Å². The first-order chi connectivity index (χ1) is 12.7. The predicted octanol–water partition coefficient (Wildman–Crippen LogP) is 1.48. The van der Waals surface area contributed by atoms with Crippen molar-refractivity contribution in [2.75, 3.05) is 6.61 Å². The lowest BCUT2D eigenvalue weighted by Crippen LogP contribution is -2.52. The highest BCUT2D eigenvalue weighted by Gasteiger charge is 2.37. The summed E-state index contributed by atoms with van der Waals surface area (Å²) in [6, 6.07) is 3.30. The van der Waals surface area contributed by atoms with Gasteiger partial charge in [-0.1, -0.05) is 12.1 Å². The Hall–Kier alpha value is -3.11. The fourth-order valence-corrected chi connectivity index (χ4v) is 2.84. The lowest BCUT2D eigenvalue weighted by molar-refractivity contribution is -0.154. The fourth-order valence-electron chi connectivity index (χ4n) is 2.84. The first kappa shape index (κ1) is 18.7. The van der Waals surface area contributed by atoms with E-state index >= 15 is 0 Å². The van der Waals surface area contributed by atoms with E-state index in [1.807, 2.05) is 0 Å². The normalized spacial score (nSPS) is 16.7. The van der Waals surface area contributed by atoms with Crippen LogP contribution in [0.1, 0.15) is 17.2 Å². The van der Waals surface area contributed by atoms with E-state index in [4.69, 9.17) is 4.74 Å². The molecule has 144 valence electrons. The summed E-state index contributed by atoms with van der Waals surface area (Å²) in [7, 11) is 0. The molecule has 0 spiro atoms. The van der Waals surface area contributed by atoms with Crippen LogP contribution in [0.25, 0.3) is 0 Å². The second-order valence-corrected chi connectivity index (χ2v) is 5.93. The first-order valence-electron chi connectivity index (χ1n) is 7.88. The number of benzene rings is 1. The minimum absolute atomic E-state index is 0.0472. The number of halogens is 3. The molecule has 0 saturated heterocycles. The lowest BCUT2D eigenvalue weighted by atomic mass is 10.2. The van der Waals surface area contributed by atoms with Crippen molar-refractivity contribution in [1.82, 2.24) is 19.7 Å². The topological polar surface area (TPSA) is 97.5 Å². The SMILES string of the molecule is Cc1nnc2n1CC(C(=O)O)N(C(=O)COc1ccccc1C(F)(F)F)C2. The molecule has 1 unspecified atom stereocenters. The van der Waals surface area contributed by atoms with Crippen LogP contribution in [-0.4, -0.2) is 49.3 Å². The number of hydrogen-bond acceptors (Lipinski definition) is 5. The average molecular weight is 384 g/mol. The lowest BCUT2D eigenvalue weighted by Gasteiger charge is -2.33. The molecule has 1 aliphatic heterocycles. The van der Waals surface area contributed by atoms with Gasteiger partial charge in [-0.15, -0.1) is 10.2 Å². The van der Waals surface area contributed by atoms with E-state index in [0.29, 0.717) is 11.6 Å². The van der Waals surface area contributed by atoms with Crippen LogP contribution in [0.15, 0.2) is 24.3 Å². The summed E-state index contributed by atoms with van der Waals surface area (Å²) in [5.41, 5.74) is -1.01. The van der Waals surface area contributed by atoms with Gasteiger partial charge in [0.1, 0.15) is 17.6 Å². The number of fused-ring (bicyclic) bond motifs is 1. The van der Waals surface area contributed by atoms with Gasteiger partial charge in [0, 0.05) is 0 Å². The third-order valence-electron chi connectivity index (χ3n) is 4.20. The van der Waals surface area contributed by atoms with Gasteiger partial charge in [-0.05, 0) is 19.1 Å². The average Bonchev–Trinajstić information content (AvgIpc) is 2.98. The largest absolute Gasteiger partial charge is 0.483 e. The van der Waals surface area contributed by atoms with E-state index in [-0.39, 0.29) is 13.1 Å². The number of carboxylic acids is 1. The molecule has 27 heavy (non-hydrogen) atoms. The molecular weight excluding hydrogens is 369 g/mol. The Balaban J connectivity index is 1.77. The zero-order valence-corrected chi connectivity index (χ0v) is 14.1. The summed E-state index contributed by atoms with van der Waals surface area (Å²) in [5.74, 6) is -1.59. The Labute approximate surface area is 151 Å². The van der Waals surface area contributed by atoms with Crippen molar-refractivity contribution >= 4 is 11.9 Å². The maximum atomic E-state index is 13.0. The maximum absolute atomic E-state index is 13.0. The Kier molecular flexibility index (Phi) is 4.77. The molecule has 1 amide bonds. The molecule has 2 heterocycles. The third-order valence-corrected chi connectivity index (χ3v) is 4.20. The molecule has 8 nitrogen and oxygen atoms in total. The highest BCUT2D eigenvalue weighted by molar-refractivity contribution is 5.84. The van der Waals surface area contributed by atoms with E-state index in [1.54, 1.807) is 11.5 Å². The van der Waals surface area contributed by atoms with E-state index < -0.39 is 42.0 Å². The third kappa shape index (κ3) is 3.71. The molecular formula is C16H15F3N4O4. The molecule has 0 saturated carbocycles. The summed E-state index contributed by atoms with van der Waals surface area (Å²) in [6.45, 7) is 0.753. The molecule has 0 aliphatic carbocycles. The van der Waals surface area contributed by atoms with Crippen LogP contribution in [0.2, 0.25) is 0 Å². The van der Waals surface area contributed by atoms with Gasteiger partial charge in [-0.25, -0.2) is 4.79 Å². The molecule has 1 aromatic heterocycles. The van der Waals surface area contributed by atoms with Crippen LogP contribution in [0.4, 0.5) is 13.2 Å². The van der Waals surface area contributed by atoms with E-state index in [1.165, 1.54) is 12.1 Å². The van der Waals surface area contributed by atoms with Crippen molar-refractivity contribution in [1.29, 1.82) is 0 Å². The monoisotopic (exact) mass is 384 g/mol. The highest BCUT2D eigenvalue weighted by atomic mass is 19.4. The van der Waals surface area contributed by atoms with Crippen LogP contribution in [0.3, 0.4) is 0 Å². The summed E-state index contributed by atoms with van der Waals surface area (Å²) < 4.78 is 45.6. The number of nitrogens with zero attached hydrogens (tertiary/aromatic N) is 4. The van der Waals surface area contributed by atoms with Crippen LogP contribution >= 0.6 is 0 Å². The van der Waals surface area contributed by atoms with Gasteiger partial charge >= 0.3 is 12.1 Å². The second-order valence-electron chi connectivity index (χ2n) is 5.93. The van der Waals surface area contributed by atoms with Crippen molar-refractivity contribution in [3.05, 3.63) is 41.5 Å². The van der Waals surface area contributed by atoms with Gasteiger partial charge in [0.2, 0.25) is 0 Å². The van der Waals surface area contributed by atoms with Crippen LogP contribution in [0.5, 0.6) is 5.75 Å². The number of carbonyl (C=O) groups is 2.